The lowest BCUT2D eigenvalue weighted by molar-refractivity contribution is 0.123. The van der Waals surface area contributed by atoms with Gasteiger partial charge in [0.05, 0.1) is 25.7 Å². The lowest BCUT2D eigenvalue weighted by atomic mass is 10.0. The summed E-state index contributed by atoms with van der Waals surface area (Å²) in [4.78, 5) is 28.7. The largest absolute Gasteiger partial charge is 0.379 e. The number of nitrogens with zero attached hydrogens (tertiary/aromatic N) is 4. The highest BCUT2D eigenvalue weighted by Gasteiger charge is 2.20. The van der Waals surface area contributed by atoms with Crippen molar-refractivity contribution in [1.82, 2.24) is 19.9 Å². The van der Waals surface area contributed by atoms with E-state index in [0.717, 1.165) is 24.6 Å². The van der Waals surface area contributed by atoms with Crippen molar-refractivity contribution >= 4 is 5.82 Å². The smallest absolute Gasteiger partial charge is 0.250 e. The lowest BCUT2D eigenvalue weighted by Crippen LogP contribution is -2.31. The minimum absolute atomic E-state index is 0.125. The van der Waals surface area contributed by atoms with Gasteiger partial charge in [0.1, 0.15) is 5.82 Å². The van der Waals surface area contributed by atoms with E-state index in [9.17, 15) is 4.79 Å². The molecule has 0 aliphatic carbocycles. The Morgan fingerprint density at radius 1 is 1.38 bits per heavy atom. The minimum atomic E-state index is -0.125. The van der Waals surface area contributed by atoms with Crippen molar-refractivity contribution in [3.05, 3.63) is 47.0 Å². The Morgan fingerprint density at radius 2 is 2.33 bits per heavy atom. The zero-order chi connectivity index (χ0) is 14.5. The van der Waals surface area contributed by atoms with Gasteiger partial charge < -0.3 is 14.6 Å². The number of H-pyrrole nitrogens is 1. The van der Waals surface area contributed by atoms with Crippen molar-refractivity contribution < 1.29 is 4.74 Å². The first-order chi connectivity index (χ1) is 10.3. The van der Waals surface area contributed by atoms with Crippen molar-refractivity contribution in [3.8, 4) is 0 Å². The average molecular weight is 287 g/mol. The number of ether oxygens (including phenoxy) is 1. The van der Waals surface area contributed by atoms with E-state index >= 15 is 0 Å². The van der Waals surface area contributed by atoms with Gasteiger partial charge in [-0.25, -0.2) is 9.97 Å². The van der Waals surface area contributed by atoms with E-state index in [1.165, 1.54) is 12.4 Å². The monoisotopic (exact) mass is 287 g/mol. The van der Waals surface area contributed by atoms with Crippen LogP contribution < -0.4 is 10.5 Å². The van der Waals surface area contributed by atoms with E-state index in [4.69, 9.17) is 4.74 Å². The highest BCUT2D eigenvalue weighted by Crippen LogP contribution is 2.16. The third-order valence-electron chi connectivity index (χ3n) is 3.44. The first kappa shape index (κ1) is 13.7. The van der Waals surface area contributed by atoms with E-state index < -0.39 is 0 Å². The summed E-state index contributed by atoms with van der Waals surface area (Å²) in [5, 5.41) is 0. The normalized spacial score (nSPS) is 19.2. The van der Waals surface area contributed by atoms with Gasteiger partial charge in [-0.1, -0.05) is 0 Å². The Bertz CT molecular complexity index is 631. The summed E-state index contributed by atoms with van der Waals surface area (Å²) in [7, 11) is 0. The molecule has 3 heterocycles. The van der Waals surface area contributed by atoms with Gasteiger partial charge in [0.2, 0.25) is 0 Å². The fraction of sp³-hybridized carbons (Fsp3) is 0.429. The number of rotatable bonds is 3. The first-order valence-corrected chi connectivity index (χ1v) is 6.93. The molecule has 110 valence electrons. The fourth-order valence-corrected chi connectivity index (χ4v) is 2.48. The van der Waals surface area contributed by atoms with Gasteiger partial charge in [-0.3, -0.25) is 9.78 Å². The molecule has 0 spiro atoms. The van der Waals surface area contributed by atoms with Gasteiger partial charge in [0, 0.05) is 43.2 Å². The van der Waals surface area contributed by atoms with Gasteiger partial charge in [0.25, 0.3) is 5.56 Å². The number of hydrogen-bond donors (Lipinski definition) is 1. The summed E-state index contributed by atoms with van der Waals surface area (Å²) >= 11 is 0. The molecule has 2 aromatic rings. The zero-order valence-electron chi connectivity index (χ0n) is 11.6. The maximum absolute atomic E-state index is 11.3. The van der Waals surface area contributed by atoms with Crippen LogP contribution in [0.5, 0.6) is 0 Å². The standard InChI is InChI=1S/C14H17N5O2/c20-14-6-12(17-10-18-14)5-11-8-19(3-4-21-9-11)13-7-15-1-2-16-13/h1-2,6-7,10-11H,3-5,8-9H2,(H,17,18,20)/t11-/m0/s1. The summed E-state index contributed by atoms with van der Waals surface area (Å²) in [5.74, 6) is 1.12. The second kappa shape index (κ2) is 6.45. The van der Waals surface area contributed by atoms with Crippen LogP contribution in [0.4, 0.5) is 5.82 Å². The molecule has 7 heteroatoms. The molecule has 0 unspecified atom stereocenters. The summed E-state index contributed by atoms with van der Waals surface area (Å²) in [6, 6.07) is 1.54. The third kappa shape index (κ3) is 3.63. The molecule has 1 fully saturated rings. The number of nitrogens with one attached hydrogen (secondary N) is 1. The summed E-state index contributed by atoms with van der Waals surface area (Å²) in [6.07, 6.45) is 7.26. The molecule has 7 nitrogen and oxygen atoms in total. The Hall–Kier alpha value is -2.28. The Labute approximate surface area is 122 Å². The second-order valence-electron chi connectivity index (χ2n) is 5.06. The Kier molecular flexibility index (Phi) is 4.20. The van der Waals surface area contributed by atoms with E-state index in [1.54, 1.807) is 18.6 Å². The number of aromatic amines is 1. The van der Waals surface area contributed by atoms with E-state index in [1.807, 2.05) is 0 Å². The maximum atomic E-state index is 11.3. The third-order valence-corrected chi connectivity index (χ3v) is 3.44. The van der Waals surface area contributed by atoms with Crippen molar-refractivity contribution in [3.63, 3.8) is 0 Å². The lowest BCUT2D eigenvalue weighted by Gasteiger charge is -2.23. The highest BCUT2D eigenvalue weighted by molar-refractivity contribution is 5.35. The summed E-state index contributed by atoms with van der Waals surface area (Å²) in [6.45, 7) is 2.92. The predicted molar refractivity (Wildman–Crippen MR) is 77.1 cm³/mol. The molecule has 0 bridgehead atoms. The molecule has 1 aliphatic heterocycles. The quantitative estimate of drug-likeness (QED) is 0.871. The van der Waals surface area contributed by atoms with Gasteiger partial charge in [-0.2, -0.15) is 0 Å². The predicted octanol–water partition coefficient (Wildman–Crippen LogP) is 0.255. The maximum Gasteiger partial charge on any atom is 0.250 e. The average Bonchev–Trinajstić information content (AvgIpc) is 2.74. The van der Waals surface area contributed by atoms with Crippen LogP contribution in [-0.2, 0) is 11.2 Å². The van der Waals surface area contributed by atoms with Crippen LogP contribution >= 0.6 is 0 Å². The van der Waals surface area contributed by atoms with Crippen molar-refractivity contribution in [2.45, 2.75) is 6.42 Å². The Balaban J connectivity index is 1.72. The Morgan fingerprint density at radius 3 is 3.14 bits per heavy atom. The van der Waals surface area contributed by atoms with Crippen LogP contribution in [0, 0.1) is 5.92 Å². The molecule has 1 aliphatic rings. The number of hydrogen-bond acceptors (Lipinski definition) is 6. The van der Waals surface area contributed by atoms with Crippen LogP contribution in [0.15, 0.2) is 35.8 Å². The van der Waals surface area contributed by atoms with Crippen molar-refractivity contribution in [2.75, 3.05) is 31.2 Å². The van der Waals surface area contributed by atoms with Crippen molar-refractivity contribution in [1.29, 1.82) is 0 Å². The van der Waals surface area contributed by atoms with E-state index in [2.05, 4.69) is 24.8 Å². The number of anilines is 1. The SMILES string of the molecule is O=c1cc(C[C@@H]2COCCN(c3cnccn3)C2)nc[nH]1. The molecule has 0 amide bonds. The topological polar surface area (TPSA) is 84.0 Å². The summed E-state index contributed by atoms with van der Waals surface area (Å²) in [5.41, 5.74) is 0.661. The van der Waals surface area contributed by atoms with Crippen LogP contribution in [0.2, 0.25) is 0 Å². The van der Waals surface area contributed by atoms with E-state index in [-0.39, 0.29) is 11.5 Å². The van der Waals surface area contributed by atoms with Crippen LogP contribution in [0.25, 0.3) is 0 Å². The van der Waals surface area contributed by atoms with Crippen LogP contribution in [0.3, 0.4) is 0 Å². The van der Waals surface area contributed by atoms with Gasteiger partial charge in [0.15, 0.2) is 0 Å². The van der Waals surface area contributed by atoms with Crippen LogP contribution in [-0.4, -0.2) is 46.2 Å². The highest BCUT2D eigenvalue weighted by atomic mass is 16.5. The van der Waals surface area contributed by atoms with Gasteiger partial charge in [-0.15, -0.1) is 0 Å². The fourth-order valence-electron chi connectivity index (χ4n) is 2.48. The molecule has 3 rings (SSSR count). The second-order valence-corrected chi connectivity index (χ2v) is 5.06. The van der Waals surface area contributed by atoms with Gasteiger partial charge >= 0.3 is 0 Å². The molecule has 0 saturated carbocycles. The summed E-state index contributed by atoms with van der Waals surface area (Å²) < 4.78 is 5.66. The molecule has 1 atom stereocenters. The number of aromatic nitrogens is 4. The molecule has 21 heavy (non-hydrogen) atoms. The first-order valence-electron chi connectivity index (χ1n) is 6.93. The molecule has 1 saturated heterocycles. The molecular formula is C14H17N5O2. The minimum Gasteiger partial charge on any atom is -0.379 e. The van der Waals surface area contributed by atoms with E-state index in [0.29, 0.717) is 19.6 Å². The molecule has 0 aromatic carbocycles. The molecular weight excluding hydrogens is 270 g/mol. The molecule has 1 N–H and O–H groups in total. The van der Waals surface area contributed by atoms with Crippen LogP contribution in [0.1, 0.15) is 5.69 Å². The molecule has 2 aromatic heterocycles. The molecule has 0 radical (unpaired) electrons. The van der Waals surface area contributed by atoms with Gasteiger partial charge in [-0.05, 0) is 6.42 Å². The van der Waals surface area contributed by atoms with Crippen molar-refractivity contribution in [2.24, 2.45) is 5.92 Å². The zero-order valence-corrected chi connectivity index (χ0v) is 11.6.